The standard InChI is InChI=1S/C26H30N2O6/c1-26(33,13-23(29)30)15-27-24(31)16-10-11-17(12-16)28-25(32)34-14-22-20-8-4-2-6-18(20)19-7-3-5-9-21(19)22/h2-9,16-17,22,33H,10-15H2,1H3,(H,27,31)(H,28,32)(H,29,30)/t16-,17+,26?/m1/s1. The highest BCUT2D eigenvalue weighted by Crippen LogP contribution is 2.44. The number of carbonyl (C=O) groups is 3. The third kappa shape index (κ3) is 5.39. The number of aliphatic carboxylic acids is 1. The van der Waals surface area contributed by atoms with E-state index in [-0.39, 0.29) is 36.9 Å². The Labute approximate surface area is 198 Å². The fourth-order valence-electron chi connectivity index (χ4n) is 4.97. The number of alkyl carbamates (subject to hydrolysis) is 1. The number of carboxylic acids is 1. The molecule has 2 amide bonds. The number of hydrogen-bond acceptors (Lipinski definition) is 5. The summed E-state index contributed by atoms with van der Waals surface area (Å²) in [5, 5.41) is 24.4. The van der Waals surface area contributed by atoms with Crippen molar-refractivity contribution in [2.75, 3.05) is 13.2 Å². The highest BCUT2D eigenvalue weighted by Gasteiger charge is 2.33. The molecule has 34 heavy (non-hydrogen) atoms. The molecule has 4 N–H and O–H groups in total. The van der Waals surface area contributed by atoms with Crippen LogP contribution in [0.1, 0.15) is 49.7 Å². The van der Waals surface area contributed by atoms with Crippen molar-refractivity contribution in [2.24, 2.45) is 5.92 Å². The van der Waals surface area contributed by atoms with Crippen LogP contribution in [0, 0.1) is 5.92 Å². The Morgan fingerprint density at radius 1 is 1.03 bits per heavy atom. The Bertz CT molecular complexity index is 1040. The average Bonchev–Trinajstić information content (AvgIpc) is 3.38. The Morgan fingerprint density at radius 2 is 1.65 bits per heavy atom. The van der Waals surface area contributed by atoms with E-state index in [2.05, 4.69) is 34.9 Å². The second-order valence-corrected chi connectivity index (χ2v) is 9.46. The molecule has 180 valence electrons. The molecule has 1 unspecified atom stereocenters. The number of ether oxygens (including phenoxy) is 1. The molecule has 0 bridgehead atoms. The number of carbonyl (C=O) groups excluding carboxylic acids is 2. The highest BCUT2D eigenvalue weighted by molar-refractivity contribution is 5.80. The molecule has 1 fully saturated rings. The topological polar surface area (TPSA) is 125 Å². The molecule has 0 heterocycles. The lowest BCUT2D eigenvalue weighted by Gasteiger charge is -2.22. The molecule has 0 radical (unpaired) electrons. The quantitative estimate of drug-likeness (QED) is 0.474. The van der Waals surface area contributed by atoms with Gasteiger partial charge in [-0.1, -0.05) is 48.5 Å². The van der Waals surface area contributed by atoms with Gasteiger partial charge in [0.15, 0.2) is 0 Å². The molecule has 0 saturated heterocycles. The molecule has 2 aromatic carbocycles. The summed E-state index contributed by atoms with van der Waals surface area (Å²) in [6.45, 7) is 1.46. The summed E-state index contributed by atoms with van der Waals surface area (Å²) in [5.41, 5.74) is 3.11. The fourth-order valence-corrected chi connectivity index (χ4v) is 4.97. The lowest BCUT2D eigenvalue weighted by molar-refractivity contribution is -0.142. The van der Waals surface area contributed by atoms with Crippen LogP contribution in [-0.4, -0.2) is 53.0 Å². The minimum Gasteiger partial charge on any atom is -0.481 e. The Morgan fingerprint density at radius 3 is 2.26 bits per heavy atom. The molecule has 2 aliphatic rings. The monoisotopic (exact) mass is 466 g/mol. The molecule has 4 rings (SSSR count). The lowest BCUT2D eigenvalue weighted by atomic mass is 9.98. The minimum absolute atomic E-state index is 0.0150. The summed E-state index contributed by atoms with van der Waals surface area (Å²) in [4.78, 5) is 35.7. The minimum atomic E-state index is -1.51. The summed E-state index contributed by atoms with van der Waals surface area (Å²) in [6, 6.07) is 16.1. The maximum Gasteiger partial charge on any atom is 0.407 e. The van der Waals surface area contributed by atoms with E-state index in [0.717, 1.165) is 11.1 Å². The van der Waals surface area contributed by atoms with E-state index in [1.807, 2.05) is 24.3 Å². The van der Waals surface area contributed by atoms with Gasteiger partial charge < -0.3 is 25.6 Å². The normalized spacial score (nSPS) is 20.6. The molecule has 1 saturated carbocycles. The first-order valence-corrected chi connectivity index (χ1v) is 11.6. The zero-order chi connectivity index (χ0) is 24.3. The maximum atomic E-state index is 12.5. The number of amides is 2. The first-order chi connectivity index (χ1) is 16.2. The summed E-state index contributed by atoms with van der Waals surface area (Å²) in [7, 11) is 0. The molecule has 3 atom stereocenters. The molecule has 8 nitrogen and oxygen atoms in total. The first kappa shape index (κ1) is 23.8. The van der Waals surface area contributed by atoms with Gasteiger partial charge >= 0.3 is 12.1 Å². The summed E-state index contributed by atoms with van der Waals surface area (Å²) in [5.74, 6) is -1.70. The van der Waals surface area contributed by atoms with Gasteiger partial charge in [-0.25, -0.2) is 4.79 Å². The molecular weight excluding hydrogens is 436 g/mol. The van der Waals surface area contributed by atoms with Crippen LogP contribution in [0.2, 0.25) is 0 Å². The number of carboxylic acid groups (broad SMARTS) is 1. The van der Waals surface area contributed by atoms with Gasteiger partial charge in [-0.2, -0.15) is 0 Å². The second kappa shape index (κ2) is 9.85. The van der Waals surface area contributed by atoms with E-state index in [0.29, 0.717) is 19.3 Å². The van der Waals surface area contributed by atoms with Crippen LogP contribution in [0.5, 0.6) is 0 Å². The molecule has 0 aromatic heterocycles. The highest BCUT2D eigenvalue weighted by atomic mass is 16.5. The van der Waals surface area contributed by atoms with Crippen molar-refractivity contribution in [3.8, 4) is 11.1 Å². The number of aliphatic hydroxyl groups is 1. The maximum absolute atomic E-state index is 12.5. The van der Waals surface area contributed by atoms with E-state index in [1.54, 1.807) is 0 Å². The zero-order valence-electron chi connectivity index (χ0n) is 19.1. The van der Waals surface area contributed by atoms with Crippen LogP contribution in [0.15, 0.2) is 48.5 Å². The van der Waals surface area contributed by atoms with E-state index >= 15 is 0 Å². The first-order valence-electron chi connectivity index (χ1n) is 11.6. The van der Waals surface area contributed by atoms with Crippen LogP contribution < -0.4 is 10.6 Å². The van der Waals surface area contributed by atoms with Crippen molar-refractivity contribution in [3.63, 3.8) is 0 Å². The van der Waals surface area contributed by atoms with Gasteiger partial charge in [0.05, 0.1) is 12.0 Å². The van der Waals surface area contributed by atoms with Crippen molar-refractivity contribution in [1.82, 2.24) is 10.6 Å². The smallest absolute Gasteiger partial charge is 0.407 e. The number of benzene rings is 2. The SMILES string of the molecule is CC(O)(CNC(=O)[C@@H]1CC[C@H](NC(=O)OCC2c3ccccc3-c3ccccc32)C1)CC(=O)O. The molecular formula is C26H30N2O6. The third-order valence-electron chi connectivity index (χ3n) is 6.64. The average molecular weight is 467 g/mol. The molecule has 0 aliphatic heterocycles. The van der Waals surface area contributed by atoms with Crippen molar-refractivity contribution >= 4 is 18.0 Å². The van der Waals surface area contributed by atoms with Gasteiger partial charge in [0, 0.05) is 24.4 Å². The Balaban J connectivity index is 1.26. The molecule has 2 aliphatic carbocycles. The third-order valence-corrected chi connectivity index (χ3v) is 6.64. The molecule has 2 aromatic rings. The van der Waals surface area contributed by atoms with E-state index in [1.165, 1.54) is 18.1 Å². The van der Waals surface area contributed by atoms with Gasteiger partial charge in [-0.15, -0.1) is 0 Å². The van der Waals surface area contributed by atoms with Gasteiger partial charge in [-0.05, 0) is 48.4 Å². The van der Waals surface area contributed by atoms with Crippen molar-refractivity contribution in [2.45, 2.75) is 50.2 Å². The van der Waals surface area contributed by atoms with Gasteiger partial charge in [0.2, 0.25) is 5.91 Å². The van der Waals surface area contributed by atoms with E-state index in [4.69, 9.17) is 9.84 Å². The molecule has 8 heteroatoms. The van der Waals surface area contributed by atoms with Crippen LogP contribution in [-0.2, 0) is 14.3 Å². The van der Waals surface area contributed by atoms with Crippen LogP contribution >= 0.6 is 0 Å². The van der Waals surface area contributed by atoms with Gasteiger partial charge in [0.1, 0.15) is 6.61 Å². The summed E-state index contributed by atoms with van der Waals surface area (Å²) in [6.07, 6.45) is 0.757. The number of nitrogens with one attached hydrogen (secondary N) is 2. The van der Waals surface area contributed by atoms with Crippen LogP contribution in [0.4, 0.5) is 4.79 Å². The zero-order valence-corrected chi connectivity index (χ0v) is 19.1. The largest absolute Gasteiger partial charge is 0.481 e. The predicted octanol–water partition coefficient (Wildman–Crippen LogP) is 3.04. The number of rotatable bonds is 8. The predicted molar refractivity (Wildman–Crippen MR) is 125 cm³/mol. The fraction of sp³-hybridized carbons (Fsp3) is 0.423. The Kier molecular flexibility index (Phi) is 6.88. The lowest BCUT2D eigenvalue weighted by Crippen LogP contribution is -2.44. The molecule has 0 spiro atoms. The number of fused-ring (bicyclic) bond motifs is 3. The second-order valence-electron chi connectivity index (χ2n) is 9.46. The Hall–Kier alpha value is -3.39. The van der Waals surface area contributed by atoms with Crippen LogP contribution in [0.3, 0.4) is 0 Å². The summed E-state index contributed by atoms with van der Waals surface area (Å²) >= 11 is 0. The van der Waals surface area contributed by atoms with Crippen LogP contribution in [0.25, 0.3) is 11.1 Å². The van der Waals surface area contributed by atoms with Gasteiger partial charge in [-0.3, -0.25) is 9.59 Å². The number of hydrogen-bond donors (Lipinski definition) is 4. The summed E-state index contributed by atoms with van der Waals surface area (Å²) < 4.78 is 5.59. The van der Waals surface area contributed by atoms with E-state index < -0.39 is 24.1 Å². The van der Waals surface area contributed by atoms with Gasteiger partial charge in [0.25, 0.3) is 0 Å². The van der Waals surface area contributed by atoms with Crippen molar-refractivity contribution in [3.05, 3.63) is 59.7 Å². The van der Waals surface area contributed by atoms with E-state index in [9.17, 15) is 19.5 Å². The van der Waals surface area contributed by atoms with Crippen molar-refractivity contribution in [1.29, 1.82) is 0 Å². The van der Waals surface area contributed by atoms with Crippen molar-refractivity contribution < 1.29 is 29.3 Å².